The van der Waals surface area contributed by atoms with Crippen LogP contribution in [0.2, 0.25) is 0 Å². The van der Waals surface area contributed by atoms with Crippen LogP contribution in [0.15, 0.2) is 48.6 Å². The number of hydrogen-bond acceptors (Lipinski definition) is 5. The number of phenols is 1. The van der Waals surface area contributed by atoms with Crippen LogP contribution in [-0.2, 0) is 4.74 Å². The molecule has 2 aromatic rings. The van der Waals surface area contributed by atoms with E-state index in [1.807, 2.05) is 31.2 Å². The van der Waals surface area contributed by atoms with Crippen molar-refractivity contribution in [2.24, 2.45) is 5.92 Å². The Hall–Kier alpha value is -2.95. The number of fused-ring (bicyclic) bond motifs is 3. The van der Waals surface area contributed by atoms with Gasteiger partial charge in [0.2, 0.25) is 0 Å². The van der Waals surface area contributed by atoms with Crippen LogP contribution in [0.4, 0.5) is 5.69 Å². The van der Waals surface area contributed by atoms with E-state index < -0.39 is 0 Å². The van der Waals surface area contributed by atoms with Crippen LogP contribution >= 0.6 is 0 Å². The lowest BCUT2D eigenvalue weighted by atomic mass is 9.76. The summed E-state index contributed by atoms with van der Waals surface area (Å²) >= 11 is 0. The van der Waals surface area contributed by atoms with Gasteiger partial charge in [-0.3, -0.25) is 0 Å². The maximum Gasteiger partial charge on any atom is 0.338 e. The van der Waals surface area contributed by atoms with E-state index in [2.05, 4.69) is 17.5 Å². The molecule has 0 fully saturated rings. The summed E-state index contributed by atoms with van der Waals surface area (Å²) in [6, 6.07) is 11.3. The van der Waals surface area contributed by atoms with Crippen molar-refractivity contribution in [3.05, 3.63) is 65.2 Å². The number of esters is 1. The molecule has 1 aliphatic carbocycles. The molecule has 0 spiro atoms. The summed E-state index contributed by atoms with van der Waals surface area (Å²) in [7, 11) is 1.55. The van der Waals surface area contributed by atoms with Crippen molar-refractivity contribution >= 4 is 11.7 Å². The van der Waals surface area contributed by atoms with E-state index in [1.54, 1.807) is 19.2 Å². The molecule has 1 aliphatic heterocycles. The van der Waals surface area contributed by atoms with Gasteiger partial charge in [-0.2, -0.15) is 0 Å². The second kappa shape index (κ2) is 6.99. The maximum absolute atomic E-state index is 12.1. The summed E-state index contributed by atoms with van der Waals surface area (Å²) < 4.78 is 10.4. The van der Waals surface area contributed by atoms with Crippen LogP contribution in [0.5, 0.6) is 11.5 Å². The molecule has 3 atom stereocenters. The third-order valence-electron chi connectivity index (χ3n) is 5.44. The molecule has 5 nitrogen and oxygen atoms in total. The van der Waals surface area contributed by atoms with Gasteiger partial charge in [0.1, 0.15) is 0 Å². The second-order valence-electron chi connectivity index (χ2n) is 6.93. The van der Waals surface area contributed by atoms with E-state index in [9.17, 15) is 9.90 Å². The largest absolute Gasteiger partial charge is 0.504 e. The number of rotatable bonds is 4. The van der Waals surface area contributed by atoms with E-state index in [0.717, 1.165) is 23.2 Å². The van der Waals surface area contributed by atoms with Crippen LogP contribution < -0.4 is 10.1 Å². The molecule has 2 aromatic carbocycles. The summed E-state index contributed by atoms with van der Waals surface area (Å²) in [6.45, 7) is 2.18. The van der Waals surface area contributed by atoms with Gasteiger partial charge in [-0.25, -0.2) is 4.79 Å². The predicted octanol–water partition coefficient (Wildman–Crippen LogP) is 4.40. The molecule has 5 heteroatoms. The van der Waals surface area contributed by atoms with E-state index in [4.69, 9.17) is 9.47 Å². The number of benzene rings is 2. The second-order valence-corrected chi connectivity index (χ2v) is 6.93. The van der Waals surface area contributed by atoms with Gasteiger partial charge < -0.3 is 19.9 Å². The average molecular weight is 365 g/mol. The van der Waals surface area contributed by atoms with Crippen molar-refractivity contribution in [2.45, 2.75) is 25.3 Å². The Morgan fingerprint density at radius 2 is 2.11 bits per heavy atom. The Bertz CT molecular complexity index is 905. The van der Waals surface area contributed by atoms with E-state index in [-0.39, 0.29) is 23.7 Å². The van der Waals surface area contributed by atoms with Crippen molar-refractivity contribution in [3.8, 4) is 11.5 Å². The van der Waals surface area contributed by atoms with Crippen LogP contribution in [0.1, 0.15) is 46.8 Å². The Labute approximate surface area is 158 Å². The SMILES string of the molecule is CCOC(=O)c1ccc2c(c1)C1C=CCC1C(c1ccc(O)c(OC)c1)N2. The first kappa shape index (κ1) is 17.5. The molecule has 1 heterocycles. The lowest BCUT2D eigenvalue weighted by molar-refractivity contribution is 0.0526. The van der Waals surface area contributed by atoms with Gasteiger partial charge in [0.05, 0.1) is 25.3 Å². The first-order valence-corrected chi connectivity index (χ1v) is 9.23. The molecule has 4 rings (SSSR count). The first-order valence-electron chi connectivity index (χ1n) is 9.23. The van der Waals surface area contributed by atoms with Gasteiger partial charge in [-0.05, 0) is 60.7 Å². The Morgan fingerprint density at radius 1 is 1.26 bits per heavy atom. The lowest BCUT2D eigenvalue weighted by Gasteiger charge is -2.37. The topological polar surface area (TPSA) is 67.8 Å². The normalized spacial score (nSPS) is 22.5. The average Bonchev–Trinajstić information content (AvgIpc) is 3.18. The van der Waals surface area contributed by atoms with Crippen molar-refractivity contribution in [3.63, 3.8) is 0 Å². The number of hydrogen-bond donors (Lipinski definition) is 2. The smallest absolute Gasteiger partial charge is 0.338 e. The molecule has 0 bridgehead atoms. The zero-order valence-electron chi connectivity index (χ0n) is 15.4. The number of carbonyl (C=O) groups excluding carboxylic acids is 1. The molecule has 2 aliphatic rings. The minimum Gasteiger partial charge on any atom is -0.504 e. The van der Waals surface area contributed by atoms with Crippen LogP contribution in [0.25, 0.3) is 0 Å². The third kappa shape index (κ3) is 3.03. The zero-order chi connectivity index (χ0) is 19.0. The lowest BCUT2D eigenvalue weighted by Crippen LogP contribution is -2.29. The number of methoxy groups -OCH3 is 1. The van der Waals surface area contributed by atoms with Gasteiger partial charge in [-0.1, -0.05) is 18.2 Å². The highest BCUT2D eigenvalue weighted by molar-refractivity contribution is 5.90. The minimum atomic E-state index is -0.288. The molecule has 140 valence electrons. The summed E-state index contributed by atoms with van der Waals surface area (Å²) in [5.41, 5.74) is 3.80. The maximum atomic E-state index is 12.1. The van der Waals surface area contributed by atoms with Crippen molar-refractivity contribution in [1.29, 1.82) is 0 Å². The number of carbonyl (C=O) groups is 1. The molecule has 0 saturated heterocycles. The van der Waals surface area contributed by atoms with Crippen LogP contribution in [0, 0.1) is 5.92 Å². The van der Waals surface area contributed by atoms with Gasteiger partial charge >= 0.3 is 5.97 Å². The van der Waals surface area contributed by atoms with Gasteiger partial charge in [0.25, 0.3) is 0 Å². The summed E-state index contributed by atoms with van der Waals surface area (Å²) in [4.78, 5) is 12.1. The highest BCUT2D eigenvalue weighted by atomic mass is 16.5. The van der Waals surface area contributed by atoms with Gasteiger partial charge in [0.15, 0.2) is 11.5 Å². The monoisotopic (exact) mass is 365 g/mol. The van der Waals surface area contributed by atoms with Crippen LogP contribution in [0.3, 0.4) is 0 Å². The predicted molar refractivity (Wildman–Crippen MR) is 103 cm³/mol. The first-order chi connectivity index (χ1) is 13.1. The fourth-order valence-corrected chi connectivity index (χ4v) is 4.15. The third-order valence-corrected chi connectivity index (χ3v) is 5.44. The number of anilines is 1. The Kier molecular flexibility index (Phi) is 4.52. The minimum absolute atomic E-state index is 0.0976. The molecule has 2 N–H and O–H groups in total. The fraction of sp³-hybridized carbons (Fsp3) is 0.318. The molecule has 0 aromatic heterocycles. The quantitative estimate of drug-likeness (QED) is 0.621. The van der Waals surface area contributed by atoms with Gasteiger partial charge in [-0.15, -0.1) is 0 Å². The summed E-state index contributed by atoms with van der Waals surface area (Å²) in [6.07, 6.45) is 5.38. The molecular weight excluding hydrogens is 342 g/mol. The fourth-order valence-electron chi connectivity index (χ4n) is 4.15. The van der Waals surface area contributed by atoms with Crippen LogP contribution in [-0.4, -0.2) is 24.8 Å². The summed E-state index contributed by atoms with van der Waals surface area (Å²) in [5, 5.41) is 13.5. The van der Waals surface area contributed by atoms with Crippen molar-refractivity contribution < 1.29 is 19.4 Å². The van der Waals surface area contributed by atoms with E-state index in [0.29, 0.717) is 23.8 Å². The molecule has 3 unspecified atom stereocenters. The van der Waals surface area contributed by atoms with E-state index in [1.165, 1.54) is 0 Å². The van der Waals surface area contributed by atoms with Gasteiger partial charge in [0, 0.05) is 11.6 Å². The highest BCUT2D eigenvalue weighted by Crippen LogP contribution is 2.50. The molecule has 0 amide bonds. The number of allylic oxidation sites excluding steroid dienone is 2. The van der Waals surface area contributed by atoms with E-state index >= 15 is 0 Å². The molecular formula is C22H23NO4. The highest BCUT2D eigenvalue weighted by Gasteiger charge is 2.38. The summed E-state index contributed by atoms with van der Waals surface area (Å²) in [5.74, 6) is 0.895. The molecule has 0 saturated carbocycles. The Morgan fingerprint density at radius 3 is 2.89 bits per heavy atom. The number of aromatic hydroxyl groups is 1. The van der Waals surface area contributed by atoms with Crippen molar-refractivity contribution in [2.75, 3.05) is 19.0 Å². The van der Waals surface area contributed by atoms with Crippen molar-refractivity contribution in [1.82, 2.24) is 0 Å². The standard InChI is InChI=1S/C22H23NO4/c1-3-27-22(25)14-7-9-18-17(11-14)15-5-4-6-16(15)21(23-18)13-8-10-19(24)20(12-13)26-2/h4-5,7-12,15-16,21,23-24H,3,6H2,1-2H3. The zero-order valence-corrected chi connectivity index (χ0v) is 15.4. The Balaban J connectivity index is 1.71. The number of ether oxygens (including phenoxy) is 2. The number of phenolic OH excluding ortho intramolecular Hbond substituents is 1. The number of nitrogens with one attached hydrogen (secondary N) is 1. The molecule has 27 heavy (non-hydrogen) atoms. The molecule has 0 radical (unpaired) electrons.